The Morgan fingerprint density at radius 2 is 1.92 bits per heavy atom. The Labute approximate surface area is 153 Å². The quantitative estimate of drug-likeness (QED) is 0.742. The molecule has 1 fully saturated rings. The van der Waals surface area contributed by atoms with Crippen LogP contribution in [-0.2, 0) is 26.2 Å². The highest BCUT2D eigenvalue weighted by Gasteiger charge is 2.30. The van der Waals surface area contributed by atoms with Gasteiger partial charge in [0.1, 0.15) is 12.3 Å². The Morgan fingerprint density at radius 3 is 2.54 bits per heavy atom. The summed E-state index contributed by atoms with van der Waals surface area (Å²) in [5.74, 6) is 0.0204. The number of ether oxygens (including phenoxy) is 1. The van der Waals surface area contributed by atoms with Crippen LogP contribution < -0.4 is 0 Å². The van der Waals surface area contributed by atoms with Crippen LogP contribution in [-0.4, -0.2) is 43.2 Å². The molecule has 1 aliphatic heterocycles. The van der Waals surface area contributed by atoms with Crippen LogP contribution in [0.15, 0.2) is 34.9 Å². The zero-order valence-electron chi connectivity index (χ0n) is 14.8. The topological polar surface area (TPSA) is 89.7 Å². The molecule has 1 aromatic heterocycles. The second-order valence-electron chi connectivity index (χ2n) is 6.59. The molecule has 1 saturated heterocycles. The molecule has 26 heavy (non-hydrogen) atoms. The van der Waals surface area contributed by atoms with Crippen molar-refractivity contribution < 1.29 is 22.5 Å². The summed E-state index contributed by atoms with van der Waals surface area (Å²) < 4.78 is 35.0. The van der Waals surface area contributed by atoms with Gasteiger partial charge in [0.25, 0.3) is 0 Å². The molecule has 0 radical (unpaired) electrons. The molecule has 0 bridgehead atoms. The predicted molar refractivity (Wildman–Crippen MR) is 95.6 cm³/mol. The molecule has 0 atom stereocenters. The molecular weight excluding hydrogens is 356 g/mol. The van der Waals surface area contributed by atoms with Gasteiger partial charge >= 0.3 is 5.97 Å². The van der Waals surface area contributed by atoms with Crippen LogP contribution in [0.3, 0.4) is 0 Å². The number of hydrogen-bond donors (Lipinski definition) is 0. The zero-order valence-corrected chi connectivity index (χ0v) is 15.7. The Kier molecular flexibility index (Phi) is 5.43. The minimum Gasteiger partial charge on any atom is -0.459 e. The number of nitrogens with zero attached hydrogens (tertiary/aromatic N) is 2. The van der Waals surface area contributed by atoms with E-state index < -0.39 is 10.0 Å². The van der Waals surface area contributed by atoms with E-state index in [0.717, 1.165) is 11.1 Å². The van der Waals surface area contributed by atoms with Gasteiger partial charge in [-0.15, -0.1) is 0 Å². The number of aryl methyl sites for hydroxylation is 1. The van der Waals surface area contributed by atoms with E-state index in [9.17, 15) is 13.2 Å². The van der Waals surface area contributed by atoms with Crippen molar-refractivity contribution in [3.05, 3.63) is 41.6 Å². The molecule has 0 saturated carbocycles. The average molecular weight is 378 g/mol. The van der Waals surface area contributed by atoms with E-state index in [0.29, 0.717) is 37.4 Å². The second-order valence-corrected chi connectivity index (χ2v) is 8.57. The Hall–Kier alpha value is -2.19. The fraction of sp³-hybridized carbons (Fsp3) is 0.444. The van der Waals surface area contributed by atoms with Gasteiger partial charge in [0.2, 0.25) is 10.0 Å². The van der Waals surface area contributed by atoms with E-state index >= 15 is 0 Å². The first-order valence-corrected chi connectivity index (χ1v) is 10.3. The molecule has 0 spiro atoms. The first kappa shape index (κ1) is 18.6. The molecule has 8 heteroatoms. The van der Waals surface area contributed by atoms with Gasteiger partial charge < -0.3 is 9.26 Å². The number of aromatic nitrogens is 1. The third-order valence-electron chi connectivity index (χ3n) is 4.51. The van der Waals surface area contributed by atoms with Crippen LogP contribution in [0.2, 0.25) is 0 Å². The van der Waals surface area contributed by atoms with Crippen molar-refractivity contribution in [3.63, 3.8) is 0 Å². The Balaban J connectivity index is 1.52. The summed E-state index contributed by atoms with van der Waals surface area (Å²) >= 11 is 0. The van der Waals surface area contributed by atoms with Crippen molar-refractivity contribution in [1.29, 1.82) is 0 Å². The van der Waals surface area contributed by atoms with Crippen molar-refractivity contribution in [1.82, 2.24) is 9.46 Å². The maximum Gasteiger partial charge on any atom is 0.309 e. The minimum absolute atomic E-state index is 0.0421. The van der Waals surface area contributed by atoms with Crippen molar-refractivity contribution in [2.45, 2.75) is 26.4 Å². The van der Waals surface area contributed by atoms with Crippen molar-refractivity contribution in [3.8, 4) is 11.3 Å². The predicted octanol–water partition coefficient (Wildman–Crippen LogP) is 2.36. The van der Waals surface area contributed by atoms with Crippen LogP contribution in [0.1, 0.15) is 24.1 Å². The highest BCUT2D eigenvalue weighted by Crippen LogP contribution is 2.23. The smallest absolute Gasteiger partial charge is 0.309 e. The van der Waals surface area contributed by atoms with Crippen LogP contribution in [0, 0.1) is 12.8 Å². The Morgan fingerprint density at radius 1 is 1.27 bits per heavy atom. The molecule has 0 aliphatic carbocycles. The van der Waals surface area contributed by atoms with Gasteiger partial charge in [-0.05, 0) is 19.8 Å². The molecule has 2 heterocycles. The van der Waals surface area contributed by atoms with Crippen LogP contribution in [0.4, 0.5) is 0 Å². The molecule has 7 nitrogen and oxygen atoms in total. The van der Waals surface area contributed by atoms with E-state index in [1.165, 1.54) is 10.6 Å². The summed E-state index contributed by atoms with van der Waals surface area (Å²) in [6.45, 7) is 2.75. The van der Waals surface area contributed by atoms with Crippen molar-refractivity contribution in [2.75, 3.05) is 19.3 Å². The number of sulfonamides is 1. The molecule has 1 aliphatic rings. The fourth-order valence-corrected chi connectivity index (χ4v) is 3.79. The molecule has 0 N–H and O–H groups in total. The largest absolute Gasteiger partial charge is 0.459 e. The summed E-state index contributed by atoms with van der Waals surface area (Å²) in [4.78, 5) is 12.2. The molecule has 1 aromatic carbocycles. The lowest BCUT2D eigenvalue weighted by Crippen LogP contribution is -2.40. The third-order valence-corrected chi connectivity index (χ3v) is 5.82. The normalized spacial score (nSPS) is 16.5. The minimum atomic E-state index is -3.20. The van der Waals surface area contributed by atoms with E-state index in [-0.39, 0.29) is 18.5 Å². The van der Waals surface area contributed by atoms with E-state index in [4.69, 9.17) is 9.26 Å². The van der Waals surface area contributed by atoms with Gasteiger partial charge in [0.05, 0.1) is 12.2 Å². The monoisotopic (exact) mass is 378 g/mol. The number of hydrogen-bond acceptors (Lipinski definition) is 6. The summed E-state index contributed by atoms with van der Waals surface area (Å²) in [5, 5.41) is 3.94. The highest BCUT2D eigenvalue weighted by molar-refractivity contribution is 7.88. The van der Waals surface area contributed by atoms with Gasteiger partial charge in [0.15, 0.2) is 5.76 Å². The first-order valence-electron chi connectivity index (χ1n) is 8.47. The number of esters is 1. The summed E-state index contributed by atoms with van der Waals surface area (Å²) in [5.41, 5.74) is 2.61. The molecule has 0 amide bonds. The SMILES string of the molecule is Cc1ccc(-c2cc(COC(=O)C3CCN(S(C)(=O)=O)CC3)no2)cc1. The maximum atomic E-state index is 12.2. The molecule has 3 rings (SSSR count). The number of carbonyl (C=O) groups is 1. The zero-order chi connectivity index (χ0) is 18.7. The van der Waals surface area contributed by atoms with E-state index in [1.54, 1.807) is 6.07 Å². The lowest BCUT2D eigenvalue weighted by Gasteiger charge is -2.28. The standard InChI is InChI=1S/C18H22N2O5S/c1-13-3-5-14(6-4-13)17-11-16(19-25-17)12-24-18(21)15-7-9-20(10-8-15)26(2,22)23/h3-6,11,15H,7-10,12H2,1-2H3. The van der Waals surface area contributed by atoms with Crippen molar-refractivity contribution >= 4 is 16.0 Å². The van der Waals surface area contributed by atoms with Gasteiger partial charge in [0, 0.05) is 24.7 Å². The number of piperidine rings is 1. The van der Waals surface area contributed by atoms with Gasteiger partial charge in [-0.2, -0.15) is 0 Å². The molecular formula is C18H22N2O5S. The number of rotatable bonds is 5. The summed E-state index contributed by atoms with van der Waals surface area (Å²) in [6, 6.07) is 9.62. The summed E-state index contributed by atoms with van der Waals surface area (Å²) in [7, 11) is -3.20. The third kappa shape index (κ3) is 4.50. The van der Waals surface area contributed by atoms with Gasteiger partial charge in [-0.1, -0.05) is 35.0 Å². The van der Waals surface area contributed by atoms with Crippen LogP contribution >= 0.6 is 0 Å². The fourth-order valence-electron chi connectivity index (χ4n) is 2.92. The maximum absolute atomic E-state index is 12.2. The van der Waals surface area contributed by atoms with E-state index in [2.05, 4.69) is 5.16 Å². The van der Waals surface area contributed by atoms with Crippen LogP contribution in [0.25, 0.3) is 11.3 Å². The number of benzene rings is 1. The van der Waals surface area contributed by atoms with Crippen LogP contribution in [0.5, 0.6) is 0 Å². The molecule has 0 unspecified atom stereocenters. The Bertz CT molecular complexity index is 865. The first-order chi connectivity index (χ1) is 12.3. The molecule has 140 valence electrons. The summed E-state index contributed by atoms with van der Waals surface area (Å²) in [6.07, 6.45) is 2.13. The van der Waals surface area contributed by atoms with E-state index in [1.807, 2.05) is 31.2 Å². The lowest BCUT2D eigenvalue weighted by molar-refractivity contribution is -0.151. The van der Waals surface area contributed by atoms with Gasteiger partial charge in [-0.25, -0.2) is 12.7 Å². The van der Waals surface area contributed by atoms with Crippen molar-refractivity contribution in [2.24, 2.45) is 5.92 Å². The average Bonchev–Trinajstić information content (AvgIpc) is 3.08. The lowest BCUT2D eigenvalue weighted by atomic mass is 9.98. The van der Waals surface area contributed by atoms with Gasteiger partial charge in [-0.3, -0.25) is 4.79 Å². The number of carbonyl (C=O) groups excluding carboxylic acids is 1. The molecule has 2 aromatic rings. The second kappa shape index (κ2) is 7.59. The highest BCUT2D eigenvalue weighted by atomic mass is 32.2.